The molecule has 0 saturated heterocycles. The van der Waals surface area contributed by atoms with E-state index in [1.807, 2.05) is 0 Å². The summed E-state index contributed by atoms with van der Waals surface area (Å²) in [5.74, 6) is -0.215. The lowest BCUT2D eigenvalue weighted by molar-refractivity contribution is 0.139. The lowest BCUT2D eigenvalue weighted by atomic mass is 10.1. The van der Waals surface area contributed by atoms with E-state index in [4.69, 9.17) is 10.5 Å². The van der Waals surface area contributed by atoms with Gasteiger partial charge in [0.15, 0.2) is 0 Å². The van der Waals surface area contributed by atoms with Gasteiger partial charge < -0.3 is 10.5 Å². The Balaban J connectivity index is 2.00. The van der Waals surface area contributed by atoms with E-state index in [1.54, 1.807) is 19.2 Å². The monoisotopic (exact) mass is 238 g/mol. The van der Waals surface area contributed by atoms with Crippen molar-refractivity contribution >= 4 is 5.69 Å². The SMILES string of the molecule is COCCN(Cc1ccc(N)cc1F)C1CC1. The number of ether oxygens (including phenoxy) is 1. The van der Waals surface area contributed by atoms with Crippen LogP contribution in [0.5, 0.6) is 0 Å². The summed E-state index contributed by atoms with van der Waals surface area (Å²) < 4.78 is 18.8. The van der Waals surface area contributed by atoms with Gasteiger partial charge in [-0.05, 0) is 25.0 Å². The fourth-order valence-electron chi connectivity index (χ4n) is 1.95. The average Bonchev–Trinajstić information content (AvgIpc) is 3.11. The molecule has 1 aromatic rings. The van der Waals surface area contributed by atoms with Crippen molar-refractivity contribution in [3.8, 4) is 0 Å². The third-order valence-electron chi connectivity index (χ3n) is 3.10. The minimum Gasteiger partial charge on any atom is -0.399 e. The molecule has 2 rings (SSSR count). The van der Waals surface area contributed by atoms with E-state index in [1.165, 1.54) is 18.9 Å². The molecule has 2 N–H and O–H groups in total. The fraction of sp³-hybridized carbons (Fsp3) is 0.538. The predicted octanol–water partition coefficient (Wildman–Crippen LogP) is 2.02. The van der Waals surface area contributed by atoms with Crippen molar-refractivity contribution < 1.29 is 9.13 Å². The number of hydrogen-bond donors (Lipinski definition) is 1. The van der Waals surface area contributed by atoms with Crippen LogP contribution >= 0.6 is 0 Å². The van der Waals surface area contributed by atoms with Gasteiger partial charge in [-0.25, -0.2) is 4.39 Å². The summed E-state index contributed by atoms with van der Waals surface area (Å²) in [6.07, 6.45) is 2.42. The van der Waals surface area contributed by atoms with Gasteiger partial charge >= 0.3 is 0 Å². The maximum Gasteiger partial charge on any atom is 0.129 e. The van der Waals surface area contributed by atoms with Crippen LogP contribution in [-0.4, -0.2) is 31.2 Å². The molecule has 1 saturated carbocycles. The highest BCUT2D eigenvalue weighted by atomic mass is 19.1. The molecule has 0 spiro atoms. The van der Waals surface area contributed by atoms with Crippen LogP contribution in [-0.2, 0) is 11.3 Å². The normalized spacial score (nSPS) is 15.5. The Morgan fingerprint density at radius 2 is 2.24 bits per heavy atom. The van der Waals surface area contributed by atoms with Crippen LogP contribution in [0.1, 0.15) is 18.4 Å². The second-order valence-corrected chi connectivity index (χ2v) is 4.55. The molecule has 4 heteroatoms. The third-order valence-corrected chi connectivity index (χ3v) is 3.10. The molecular formula is C13H19FN2O. The minimum atomic E-state index is -0.215. The molecule has 0 aliphatic heterocycles. The van der Waals surface area contributed by atoms with Gasteiger partial charge in [0.25, 0.3) is 0 Å². The van der Waals surface area contributed by atoms with Gasteiger partial charge in [-0.3, -0.25) is 4.90 Å². The van der Waals surface area contributed by atoms with E-state index in [0.717, 1.165) is 6.54 Å². The third kappa shape index (κ3) is 3.41. The van der Waals surface area contributed by atoms with E-state index in [0.29, 0.717) is 30.4 Å². The Morgan fingerprint density at radius 1 is 1.47 bits per heavy atom. The zero-order chi connectivity index (χ0) is 12.3. The number of nitrogen functional groups attached to an aromatic ring is 1. The predicted molar refractivity (Wildman–Crippen MR) is 66.1 cm³/mol. The first kappa shape index (κ1) is 12.3. The highest BCUT2D eigenvalue weighted by Gasteiger charge is 2.29. The van der Waals surface area contributed by atoms with Gasteiger partial charge in [-0.15, -0.1) is 0 Å². The first-order valence-electron chi connectivity index (χ1n) is 5.97. The molecule has 0 bridgehead atoms. The number of hydrogen-bond acceptors (Lipinski definition) is 3. The Hall–Kier alpha value is -1.13. The van der Waals surface area contributed by atoms with E-state index < -0.39 is 0 Å². The number of benzene rings is 1. The zero-order valence-corrected chi connectivity index (χ0v) is 10.2. The topological polar surface area (TPSA) is 38.5 Å². The van der Waals surface area contributed by atoms with Crippen LogP contribution < -0.4 is 5.73 Å². The molecule has 0 aromatic heterocycles. The summed E-state index contributed by atoms with van der Waals surface area (Å²) in [6.45, 7) is 2.18. The van der Waals surface area contributed by atoms with Crippen molar-refractivity contribution in [1.82, 2.24) is 4.90 Å². The smallest absolute Gasteiger partial charge is 0.129 e. The van der Waals surface area contributed by atoms with Crippen LogP contribution in [0.15, 0.2) is 18.2 Å². The molecule has 0 heterocycles. The number of anilines is 1. The molecular weight excluding hydrogens is 219 g/mol. The molecule has 1 aliphatic carbocycles. The maximum absolute atomic E-state index is 13.7. The molecule has 0 radical (unpaired) electrons. The Kier molecular flexibility index (Phi) is 3.97. The largest absolute Gasteiger partial charge is 0.399 e. The molecule has 0 amide bonds. The van der Waals surface area contributed by atoms with Crippen molar-refractivity contribution in [2.75, 3.05) is 26.0 Å². The Morgan fingerprint density at radius 3 is 2.82 bits per heavy atom. The maximum atomic E-state index is 13.7. The van der Waals surface area contributed by atoms with Crippen LogP contribution in [0.25, 0.3) is 0 Å². The quantitative estimate of drug-likeness (QED) is 0.771. The van der Waals surface area contributed by atoms with E-state index in [2.05, 4.69) is 4.90 Å². The first-order chi connectivity index (χ1) is 8.20. The summed E-state index contributed by atoms with van der Waals surface area (Å²) in [5.41, 5.74) is 6.72. The molecule has 1 aromatic carbocycles. The highest BCUT2D eigenvalue weighted by molar-refractivity contribution is 5.40. The van der Waals surface area contributed by atoms with Crippen molar-refractivity contribution in [2.45, 2.75) is 25.4 Å². The average molecular weight is 238 g/mol. The summed E-state index contributed by atoms with van der Waals surface area (Å²) in [7, 11) is 1.69. The van der Waals surface area contributed by atoms with Crippen LogP contribution in [0.4, 0.5) is 10.1 Å². The zero-order valence-electron chi connectivity index (χ0n) is 10.2. The second kappa shape index (κ2) is 5.47. The molecule has 0 atom stereocenters. The molecule has 1 fully saturated rings. The van der Waals surface area contributed by atoms with Crippen LogP contribution in [0.2, 0.25) is 0 Å². The van der Waals surface area contributed by atoms with E-state index in [9.17, 15) is 4.39 Å². The van der Waals surface area contributed by atoms with Crippen LogP contribution in [0, 0.1) is 5.82 Å². The lowest BCUT2D eigenvalue weighted by Crippen LogP contribution is -2.29. The van der Waals surface area contributed by atoms with Crippen molar-refractivity contribution in [2.24, 2.45) is 0 Å². The van der Waals surface area contributed by atoms with Gasteiger partial charge in [0.05, 0.1) is 6.61 Å². The Labute approximate surface area is 101 Å². The summed E-state index contributed by atoms with van der Waals surface area (Å²) >= 11 is 0. The molecule has 1 aliphatic rings. The number of rotatable bonds is 6. The summed E-state index contributed by atoms with van der Waals surface area (Å²) in [5, 5.41) is 0. The van der Waals surface area contributed by atoms with Gasteiger partial charge in [-0.1, -0.05) is 6.07 Å². The number of methoxy groups -OCH3 is 1. The summed E-state index contributed by atoms with van der Waals surface area (Å²) in [6, 6.07) is 5.51. The van der Waals surface area contributed by atoms with Gasteiger partial charge in [0, 0.05) is 37.5 Å². The second-order valence-electron chi connectivity index (χ2n) is 4.55. The molecule has 0 unspecified atom stereocenters. The number of nitrogens with two attached hydrogens (primary N) is 1. The summed E-state index contributed by atoms with van der Waals surface area (Å²) in [4.78, 5) is 2.28. The minimum absolute atomic E-state index is 0.215. The standard InChI is InChI=1S/C13H19FN2O/c1-17-7-6-16(12-4-5-12)9-10-2-3-11(15)8-13(10)14/h2-3,8,12H,4-7,9,15H2,1H3. The van der Waals surface area contributed by atoms with Crippen LogP contribution in [0.3, 0.4) is 0 Å². The van der Waals surface area contributed by atoms with Gasteiger partial charge in [-0.2, -0.15) is 0 Å². The molecule has 17 heavy (non-hydrogen) atoms. The fourth-order valence-corrected chi connectivity index (χ4v) is 1.95. The number of halogens is 1. The van der Waals surface area contributed by atoms with Gasteiger partial charge in [0.2, 0.25) is 0 Å². The van der Waals surface area contributed by atoms with E-state index >= 15 is 0 Å². The van der Waals surface area contributed by atoms with Crippen molar-refractivity contribution in [3.05, 3.63) is 29.6 Å². The first-order valence-corrected chi connectivity index (χ1v) is 5.97. The highest BCUT2D eigenvalue weighted by Crippen LogP contribution is 2.28. The van der Waals surface area contributed by atoms with Gasteiger partial charge in [0.1, 0.15) is 5.82 Å². The van der Waals surface area contributed by atoms with Crippen molar-refractivity contribution in [3.63, 3.8) is 0 Å². The lowest BCUT2D eigenvalue weighted by Gasteiger charge is -2.21. The molecule has 94 valence electrons. The van der Waals surface area contributed by atoms with Crippen molar-refractivity contribution in [1.29, 1.82) is 0 Å². The molecule has 3 nitrogen and oxygen atoms in total. The number of nitrogens with zero attached hydrogens (tertiary/aromatic N) is 1. The van der Waals surface area contributed by atoms with E-state index in [-0.39, 0.29) is 5.82 Å². The Bertz CT molecular complexity index is 380.